The first-order valence-electron chi connectivity index (χ1n) is 6.68. The van der Waals surface area contributed by atoms with Gasteiger partial charge in [0.15, 0.2) is 0 Å². The van der Waals surface area contributed by atoms with Gasteiger partial charge < -0.3 is 10.0 Å². The molecular formula is C15H22ClNO. The summed E-state index contributed by atoms with van der Waals surface area (Å²) < 4.78 is 0. The van der Waals surface area contributed by atoms with E-state index in [0.717, 1.165) is 12.1 Å². The van der Waals surface area contributed by atoms with E-state index in [1.165, 1.54) is 12.1 Å². The Morgan fingerprint density at radius 2 is 2.06 bits per heavy atom. The van der Waals surface area contributed by atoms with Crippen LogP contribution in [0.5, 0.6) is 0 Å². The molecular weight excluding hydrogens is 246 g/mol. The summed E-state index contributed by atoms with van der Waals surface area (Å²) in [5.41, 5.74) is 1.97. The molecule has 1 fully saturated rings. The minimum atomic E-state index is 0.00146. The summed E-state index contributed by atoms with van der Waals surface area (Å²) in [6.45, 7) is 7.99. The first-order chi connectivity index (χ1) is 8.52. The Kier molecular flexibility index (Phi) is 4.18. The second-order valence-electron chi connectivity index (χ2n) is 5.64. The summed E-state index contributed by atoms with van der Waals surface area (Å²) in [4.78, 5) is 2.44. The molecule has 18 heavy (non-hydrogen) atoms. The Morgan fingerprint density at radius 3 is 2.67 bits per heavy atom. The monoisotopic (exact) mass is 267 g/mol. The lowest BCUT2D eigenvalue weighted by Crippen LogP contribution is -2.45. The summed E-state index contributed by atoms with van der Waals surface area (Å²) in [5, 5.41) is 9.82. The van der Waals surface area contributed by atoms with Crippen LogP contribution in [0.1, 0.15) is 32.8 Å². The number of anilines is 1. The molecule has 2 nitrogen and oxygen atoms in total. The van der Waals surface area contributed by atoms with Gasteiger partial charge in [-0.1, -0.05) is 31.5 Å². The quantitative estimate of drug-likeness (QED) is 0.883. The smallest absolute Gasteiger partial charge is 0.0696 e. The molecule has 1 saturated heterocycles. The van der Waals surface area contributed by atoms with Crippen LogP contribution in [0, 0.1) is 11.8 Å². The minimum absolute atomic E-state index is 0.00146. The minimum Gasteiger partial charge on any atom is -0.392 e. The highest BCUT2D eigenvalue weighted by atomic mass is 35.5. The molecule has 3 atom stereocenters. The highest BCUT2D eigenvalue weighted by Crippen LogP contribution is 2.33. The second-order valence-corrected chi connectivity index (χ2v) is 6.05. The average Bonchev–Trinajstić information content (AvgIpc) is 2.33. The summed E-state index contributed by atoms with van der Waals surface area (Å²) in [5.74, 6) is 1.41. The normalized spacial score (nSPS) is 28.5. The van der Waals surface area contributed by atoms with E-state index in [-0.39, 0.29) is 6.61 Å². The number of rotatable bonds is 2. The van der Waals surface area contributed by atoms with Crippen LogP contribution in [-0.4, -0.2) is 17.7 Å². The van der Waals surface area contributed by atoms with Gasteiger partial charge in [0.25, 0.3) is 0 Å². The molecule has 1 aromatic carbocycles. The average molecular weight is 268 g/mol. The van der Waals surface area contributed by atoms with Crippen molar-refractivity contribution in [3.63, 3.8) is 0 Å². The van der Waals surface area contributed by atoms with Crippen molar-refractivity contribution in [2.24, 2.45) is 11.8 Å². The zero-order chi connectivity index (χ0) is 13.3. The Morgan fingerprint density at radius 1 is 1.33 bits per heavy atom. The van der Waals surface area contributed by atoms with Crippen molar-refractivity contribution in [3.8, 4) is 0 Å². The van der Waals surface area contributed by atoms with Gasteiger partial charge in [0.1, 0.15) is 0 Å². The first kappa shape index (κ1) is 13.7. The fourth-order valence-electron chi connectivity index (χ4n) is 2.90. The van der Waals surface area contributed by atoms with E-state index >= 15 is 0 Å². The molecule has 0 aliphatic carbocycles. The van der Waals surface area contributed by atoms with Crippen LogP contribution in [-0.2, 0) is 6.61 Å². The molecule has 3 heteroatoms. The Hall–Kier alpha value is -0.730. The van der Waals surface area contributed by atoms with Crippen molar-refractivity contribution in [3.05, 3.63) is 28.8 Å². The predicted molar refractivity (Wildman–Crippen MR) is 77.1 cm³/mol. The van der Waals surface area contributed by atoms with Crippen molar-refractivity contribution >= 4 is 17.3 Å². The summed E-state index contributed by atoms with van der Waals surface area (Å²) in [6.07, 6.45) is 1.29. The summed E-state index contributed by atoms with van der Waals surface area (Å²) in [7, 11) is 0. The first-order valence-corrected chi connectivity index (χ1v) is 7.06. The third-order valence-electron chi connectivity index (χ3n) is 4.14. The lowest BCUT2D eigenvalue weighted by Gasteiger charge is -2.42. The lowest BCUT2D eigenvalue weighted by atomic mass is 9.85. The molecule has 3 unspecified atom stereocenters. The van der Waals surface area contributed by atoms with Crippen LogP contribution in [0.2, 0.25) is 5.02 Å². The number of piperidine rings is 1. The Labute approximate surface area is 115 Å². The van der Waals surface area contributed by atoms with Crippen LogP contribution in [0.25, 0.3) is 0 Å². The molecule has 1 N–H and O–H groups in total. The number of aliphatic hydroxyl groups is 1. The van der Waals surface area contributed by atoms with E-state index in [0.29, 0.717) is 22.9 Å². The summed E-state index contributed by atoms with van der Waals surface area (Å²) in [6, 6.07) is 6.51. The molecule has 0 bridgehead atoms. The molecule has 1 heterocycles. The van der Waals surface area contributed by atoms with E-state index < -0.39 is 0 Å². The van der Waals surface area contributed by atoms with Crippen LogP contribution >= 0.6 is 11.6 Å². The number of aliphatic hydroxyl groups excluding tert-OH is 1. The van der Waals surface area contributed by atoms with Gasteiger partial charge in [0, 0.05) is 23.3 Å². The largest absolute Gasteiger partial charge is 0.392 e. The second kappa shape index (κ2) is 5.50. The molecule has 0 spiro atoms. The van der Waals surface area contributed by atoms with E-state index in [1.807, 2.05) is 12.1 Å². The Balaban J connectivity index is 2.27. The highest BCUT2D eigenvalue weighted by molar-refractivity contribution is 6.31. The van der Waals surface area contributed by atoms with E-state index in [1.54, 1.807) is 0 Å². The zero-order valence-electron chi connectivity index (χ0n) is 11.4. The molecule has 2 rings (SSSR count). The molecule has 0 amide bonds. The SMILES string of the molecule is CC1CC(C)C(C)N(c2ccc(CO)c(Cl)c2)C1. The highest BCUT2D eigenvalue weighted by Gasteiger charge is 2.28. The van der Waals surface area contributed by atoms with E-state index in [4.69, 9.17) is 16.7 Å². The van der Waals surface area contributed by atoms with E-state index in [9.17, 15) is 0 Å². The molecule has 1 aromatic rings. The van der Waals surface area contributed by atoms with Gasteiger partial charge in [-0.25, -0.2) is 0 Å². The number of hydrogen-bond donors (Lipinski definition) is 1. The zero-order valence-corrected chi connectivity index (χ0v) is 12.1. The lowest BCUT2D eigenvalue weighted by molar-refractivity contribution is 0.281. The summed E-state index contributed by atoms with van der Waals surface area (Å²) >= 11 is 6.18. The number of hydrogen-bond acceptors (Lipinski definition) is 2. The van der Waals surface area contributed by atoms with Crippen LogP contribution in [0.15, 0.2) is 18.2 Å². The van der Waals surface area contributed by atoms with Crippen molar-refractivity contribution in [1.82, 2.24) is 0 Å². The fourth-order valence-corrected chi connectivity index (χ4v) is 3.13. The topological polar surface area (TPSA) is 23.5 Å². The Bertz CT molecular complexity index is 421. The third kappa shape index (κ3) is 2.65. The molecule has 1 aliphatic heterocycles. The van der Waals surface area contributed by atoms with Crippen LogP contribution in [0.4, 0.5) is 5.69 Å². The van der Waals surface area contributed by atoms with Gasteiger partial charge in [-0.3, -0.25) is 0 Å². The van der Waals surface area contributed by atoms with Gasteiger partial charge in [-0.15, -0.1) is 0 Å². The van der Waals surface area contributed by atoms with Gasteiger partial charge in [0.05, 0.1) is 6.61 Å². The van der Waals surface area contributed by atoms with Crippen molar-refractivity contribution < 1.29 is 5.11 Å². The molecule has 100 valence electrons. The van der Waals surface area contributed by atoms with Gasteiger partial charge in [0.2, 0.25) is 0 Å². The third-order valence-corrected chi connectivity index (χ3v) is 4.49. The van der Waals surface area contributed by atoms with Gasteiger partial charge in [-0.2, -0.15) is 0 Å². The maximum atomic E-state index is 9.16. The molecule has 1 aliphatic rings. The van der Waals surface area contributed by atoms with Crippen LogP contribution in [0.3, 0.4) is 0 Å². The van der Waals surface area contributed by atoms with Crippen molar-refractivity contribution in [2.75, 3.05) is 11.4 Å². The van der Waals surface area contributed by atoms with Gasteiger partial charge in [-0.05, 0) is 42.9 Å². The predicted octanol–water partition coefficient (Wildman–Crippen LogP) is 3.70. The fraction of sp³-hybridized carbons (Fsp3) is 0.600. The van der Waals surface area contributed by atoms with Gasteiger partial charge >= 0.3 is 0 Å². The molecule has 0 radical (unpaired) electrons. The molecule has 0 aromatic heterocycles. The van der Waals surface area contributed by atoms with Crippen LogP contribution < -0.4 is 4.90 Å². The van der Waals surface area contributed by atoms with E-state index in [2.05, 4.69) is 31.7 Å². The maximum absolute atomic E-state index is 9.16. The van der Waals surface area contributed by atoms with Crippen molar-refractivity contribution in [1.29, 1.82) is 0 Å². The molecule has 0 saturated carbocycles. The standard InChI is InChI=1S/C15H22ClNO/c1-10-6-11(2)12(3)17(8-10)14-5-4-13(9-18)15(16)7-14/h4-5,7,10-12,18H,6,8-9H2,1-3H3. The van der Waals surface area contributed by atoms with Crippen molar-refractivity contribution in [2.45, 2.75) is 39.8 Å². The number of benzene rings is 1. The number of nitrogens with zero attached hydrogens (tertiary/aromatic N) is 1. The number of halogens is 1. The maximum Gasteiger partial charge on any atom is 0.0696 e.